The van der Waals surface area contributed by atoms with Gasteiger partial charge in [0.25, 0.3) is 5.69 Å². The third-order valence-corrected chi connectivity index (χ3v) is 6.73. The Morgan fingerprint density at radius 1 is 1.24 bits per heavy atom. The predicted octanol–water partition coefficient (Wildman–Crippen LogP) is 4.56. The van der Waals surface area contributed by atoms with Crippen molar-refractivity contribution >= 4 is 40.5 Å². The minimum atomic E-state index is -1.47. The zero-order valence-electron chi connectivity index (χ0n) is 19.6. The second-order valence-electron chi connectivity index (χ2n) is 9.15. The summed E-state index contributed by atoms with van der Waals surface area (Å²) in [4.78, 5) is 41.1. The van der Waals surface area contributed by atoms with Gasteiger partial charge in [0.05, 0.1) is 21.9 Å². The van der Waals surface area contributed by atoms with Crippen LogP contribution < -0.4 is 10.3 Å². The molecular formula is C26H22F2N4O5. The van der Waals surface area contributed by atoms with Gasteiger partial charge < -0.3 is 14.6 Å². The van der Waals surface area contributed by atoms with E-state index in [0.717, 1.165) is 12.3 Å². The van der Waals surface area contributed by atoms with Crippen LogP contribution in [-0.4, -0.2) is 45.9 Å². The first kappa shape index (κ1) is 24.3. The molecule has 2 aliphatic rings. The SMILES string of the molecule is C=Cc1c(F)c(N2CCC(N=Cc3cccc([N+](=O)[O-])c3)C2)c(F)c2c1c(=O)c(C(=O)O)cn2C1CC1. The molecule has 2 heterocycles. The van der Waals surface area contributed by atoms with Crippen LogP contribution in [0.5, 0.6) is 0 Å². The van der Waals surface area contributed by atoms with Crippen LogP contribution in [-0.2, 0) is 0 Å². The zero-order valence-corrected chi connectivity index (χ0v) is 19.6. The van der Waals surface area contributed by atoms with Crippen LogP contribution in [0.3, 0.4) is 0 Å². The van der Waals surface area contributed by atoms with Crippen molar-refractivity contribution in [3.05, 3.63) is 85.7 Å². The van der Waals surface area contributed by atoms with Crippen molar-refractivity contribution in [2.45, 2.75) is 31.3 Å². The summed E-state index contributed by atoms with van der Waals surface area (Å²) in [6.07, 6.45) is 5.60. The molecule has 9 nitrogen and oxygen atoms in total. The molecule has 5 rings (SSSR count). The van der Waals surface area contributed by atoms with Crippen molar-refractivity contribution in [1.29, 1.82) is 0 Å². The van der Waals surface area contributed by atoms with E-state index < -0.39 is 33.5 Å². The van der Waals surface area contributed by atoms with E-state index >= 15 is 8.78 Å². The fourth-order valence-electron chi connectivity index (χ4n) is 4.79. The van der Waals surface area contributed by atoms with Crippen LogP contribution in [0.1, 0.15) is 46.8 Å². The molecule has 1 saturated carbocycles. The van der Waals surface area contributed by atoms with Crippen LogP contribution >= 0.6 is 0 Å². The van der Waals surface area contributed by atoms with E-state index in [1.165, 1.54) is 27.8 Å². The molecule has 3 aromatic rings. The lowest BCUT2D eigenvalue weighted by Gasteiger charge is -2.23. The molecule has 0 amide bonds. The van der Waals surface area contributed by atoms with E-state index in [1.807, 2.05) is 0 Å². The van der Waals surface area contributed by atoms with E-state index in [1.54, 1.807) is 12.1 Å². The normalized spacial score (nSPS) is 17.6. The largest absolute Gasteiger partial charge is 0.477 e. The van der Waals surface area contributed by atoms with Gasteiger partial charge in [0.1, 0.15) is 11.3 Å². The maximum Gasteiger partial charge on any atom is 0.341 e. The average molecular weight is 508 g/mol. The lowest BCUT2D eigenvalue weighted by atomic mass is 10.0. The maximum absolute atomic E-state index is 16.0. The Kier molecular flexibility index (Phi) is 6.06. The van der Waals surface area contributed by atoms with Gasteiger partial charge in [-0.15, -0.1) is 0 Å². The average Bonchev–Trinajstić information content (AvgIpc) is 3.61. The standard InChI is InChI=1S/C26H22F2N4O5/c1-2-18-20-23(31(16-6-7-16)13-19(25(20)33)26(34)35)22(28)24(21(18)27)30-9-8-15(12-30)29-11-14-4-3-5-17(10-14)32(36)37/h2-5,10-11,13,15-16H,1,6-9,12H2,(H,34,35). The summed E-state index contributed by atoms with van der Waals surface area (Å²) in [5.41, 5.74) is -1.73. The molecule has 1 aliphatic carbocycles. The van der Waals surface area contributed by atoms with Gasteiger partial charge in [-0.3, -0.25) is 19.9 Å². The van der Waals surface area contributed by atoms with Crippen LogP contribution in [0.4, 0.5) is 20.2 Å². The van der Waals surface area contributed by atoms with Crippen LogP contribution in [0.25, 0.3) is 17.0 Å². The number of carboxylic acids is 1. The monoisotopic (exact) mass is 508 g/mol. The van der Waals surface area contributed by atoms with Crippen LogP contribution in [0, 0.1) is 21.7 Å². The number of nitro benzene ring substituents is 1. The number of carboxylic acid groups (broad SMARTS) is 1. The summed E-state index contributed by atoms with van der Waals surface area (Å²) in [6, 6.07) is 5.48. The molecule has 1 atom stereocenters. The van der Waals surface area contributed by atoms with Crippen molar-refractivity contribution in [2.24, 2.45) is 4.99 Å². The minimum absolute atomic E-state index is 0.0676. The van der Waals surface area contributed by atoms with Gasteiger partial charge in [0.2, 0.25) is 5.43 Å². The number of aromatic nitrogens is 1. The van der Waals surface area contributed by atoms with Gasteiger partial charge in [-0.05, 0) is 24.8 Å². The molecule has 37 heavy (non-hydrogen) atoms. The third kappa shape index (κ3) is 4.26. The molecule has 2 fully saturated rings. The Morgan fingerprint density at radius 2 is 2.00 bits per heavy atom. The Hall–Kier alpha value is -4.41. The number of anilines is 1. The first-order valence-corrected chi connectivity index (χ1v) is 11.7. The highest BCUT2D eigenvalue weighted by atomic mass is 19.1. The number of aliphatic imine (C=N–C) groups is 1. The van der Waals surface area contributed by atoms with Crippen molar-refractivity contribution in [3.63, 3.8) is 0 Å². The Morgan fingerprint density at radius 3 is 2.65 bits per heavy atom. The van der Waals surface area contributed by atoms with E-state index in [4.69, 9.17) is 0 Å². The molecule has 0 radical (unpaired) electrons. The van der Waals surface area contributed by atoms with Crippen LogP contribution in [0.2, 0.25) is 0 Å². The van der Waals surface area contributed by atoms with E-state index in [-0.39, 0.29) is 53.0 Å². The number of rotatable bonds is 7. The fourth-order valence-corrected chi connectivity index (χ4v) is 4.79. The molecule has 1 unspecified atom stereocenters. The number of fused-ring (bicyclic) bond motifs is 1. The topological polar surface area (TPSA) is 118 Å². The first-order chi connectivity index (χ1) is 17.7. The highest BCUT2D eigenvalue weighted by molar-refractivity contribution is 5.98. The number of nitrogens with zero attached hydrogens (tertiary/aromatic N) is 4. The zero-order chi connectivity index (χ0) is 26.4. The third-order valence-electron chi connectivity index (χ3n) is 6.73. The number of pyridine rings is 1. The number of hydrogen-bond acceptors (Lipinski definition) is 6. The molecule has 2 aromatic carbocycles. The predicted molar refractivity (Wildman–Crippen MR) is 135 cm³/mol. The second kappa shape index (κ2) is 9.23. The minimum Gasteiger partial charge on any atom is -0.477 e. The van der Waals surface area contributed by atoms with Crippen LogP contribution in [0.15, 0.2) is 46.8 Å². The number of carbonyl (C=O) groups is 1. The number of non-ortho nitro benzene ring substituents is 1. The molecule has 0 spiro atoms. The quantitative estimate of drug-likeness (QED) is 0.284. The van der Waals surface area contributed by atoms with Crippen molar-refractivity contribution in [1.82, 2.24) is 4.57 Å². The molecule has 1 N–H and O–H groups in total. The number of benzene rings is 2. The van der Waals surface area contributed by atoms with Gasteiger partial charge in [-0.25, -0.2) is 13.6 Å². The lowest BCUT2D eigenvalue weighted by molar-refractivity contribution is -0.384. The molecule has 1 aliphatic heterocycles. The van der Waals surface area contributed by atoms with Crippen molar-refractivity contribution < 1.29 is 23.6 Å². The van der Waals surface area contributed by atoms with Gasteiger partial charge in [0, 0.05) is 49.2 Å². The summed E-state index contributed by atoms with van der Waals surface area (Å²) in [5.74, 6) is -3.38. The number of nitro groups is 1. The number of halogens is 2. The molecule has 11 heteroatoms. The first-order valence-electron chi connectivity index (χ1n) is 11.7. The Balaban J connectivity index is 1.55. The van der Waals surface area contributed by atoms with E-state index in [9.17, 15) is 24.8 Å². The highest BCUT2D eigenvalue weighted by Gasteiger charge is 2.34. The molecule has 190 valence electrons. The van der Waals surface area contributed by atoms with Gasteiger partial charge in [-0.1, -0.05) is 24.8 Å². The summed E-state index contributed by atoms with van der Waals surface area (Å²) >= 11 is 0. The number of aromatic carboxylic acids is 1. The molecule has 1 aromatic heterocycles. The van der Waals surface area contributed by atoms with Crippen molar-refractivity contribution in [3.8, 4) is 0 Å². The Labute approximate surface area is 209 Å². The summed E-state index contributed by atoms with van der Waals surface area (Å²) in [6.45, 7) is 4.06. The van der Waals surface area contributed by atoms with Gasteiger partial charge in [0.15, 0.2) is 11.6 Å². The fraction of sp³-hybridized carbons (Fsp3) is 0.269. The molecular weight excluding hydrogens is 486 g/mol. The van der Waals surface area contributed by atoms with E-state index in [0.29, 0.717) is 24.8 Å². The second-order valence-corrected chi connectivity index (χ2v) is 9.15. The highest BCUT2D eigenvalue weighted by Crippen LogP contribution is 2.41. The van der Waals surface area contributed by atoms with Gasteiger partial charge in [-0.2, -0.15) is 0 Å². The maximum atomic E-state index is 16.0. The summed E-state index contributed by atoms with van der Waals surface area (Å²) < 4.78 is 33.2. The molecule has 1 saturated heterocycles. The molecule has 0 bridgehead atoms. The smallest absolute Gasteiger partial charge is 0.341 e. The summed E-state index contributed by atoms with van der Waals surface area (Å²) in [5, 5.41) is 20.2. The number of hydrogen-bond donors (Lipinski definition) is 1. The lowest BCUT2D eigenvalue weighted by Crippen LogP contribution is -2.26. The summed E-state index contributed by atoms with van der Waals surface area (Å²) in [7, 11) is 0. The Bertz CT molecular complexity index is 1560. The van der Waals surface area contributed by atoms with E-state index in [2.05, 4.69) is 11.6 Å². The van der Waals surface area contributed by atoms with Gasteiger partial charge >= 0.3 is 5.97 Å². The van der Waals surface area contributed by atoms with Crippen molar-refractivity contribution in [2.75, 3.05) is 18.0 Å².